The molecule has 3 N–H and O–H groups in total. The van der Waals surface area contributed by atoms with Gasteiger partial charge in [0, 0.05) is 11.2 Å². The number of nitrogens with zero attached hydrogens (tertiary/aromatic N) is 1. The summed E-state index contributed by atoms with van der Waals surface area (Å²) >= 11 is 0. The van der Waals surface area contributed by atoms with Crippen molar-refractivity contribution in [3.8, 4) is 0 Å². The van der Waals surface area contributed by atoms with Crippen LogP contribution in [0, 0.1) is 6.92 Å². The molecule has 0 bridgehead atoms. The van der Waals surface area contributed by atoms with E-state index in [2.05, 4.69) is 63.1 Å². The summed E-state index contributed by atoms with van der Waals surface area (Å²) in [6.07, 6.45) is 3.94. The number of carbonyl (C=O) groups excluding carboxylic acids is 1. The quantitative estimate of drug-likeness (QED) is 0.495. The number of aryl methyl sites for hydroxylation is 1. The second-order valence-electron chi connectivity index (χ2n) is 7.52. The van der Waals surface area contributed by atoms with E-state index in [4.69, 9.17) is 5.84 Å². The summed E-state index contributed by atoms with van der Waals surface area (Å²) in [6.45, 7) is 11.0. The maximum Gasteiger partial charge on any atom is 0.256 e. The number of nitrogens with one attached hydrogen (secondary N) is 1. The Morgan fingerprint density at radius 2 is 2.17 bits per heavy atom. The van der Waals surface area contributed by atoms with Gasteiger partial charge in [-0.25, -0.2) is 5.84 Å². The lowest BCUT2D eigenvalue weighted by Gasteiger charge is -2.50. The summed E-state index contributed by atoms with van der Waals surface area (Å²) in [6, 6.07) is 6.35. The molecule has 1 amide bonds. The molecule has 0 fully saturated rings. The molecule has 0 saturated carbocycles. The third-order valence-corrected chi connectivity index (χ3v) is 5.02. The molecule has 2 rings (SSSR count). The average Bonchev–Trinajstić information content (AvgIpc) is 2.49. The first-order valence-electron chi connectivity index (χ1n) is 8.72. The molecular formula is C19H31N3O. The first-order chi connectivity index (χ1) is 10.8. The minimum atomic E-state index is -0.219. The van der Waals surface area contributed by atoms with E-state index in [0.717, 1.165) is 25.7 Å². The molecule has 0 saturated heterocycles. The Morgan fingerprint density at radius 1 is 1.48 bits per heavy atom. The van der Waals surface area contributed by atoms with E-state index in [1.807, 2.05) is 0 Å². The number of anilines is 1. The lowest BCUT2D eigenvalue weighted by molar-refractivity contribution is -0.123. The van der Waals surface area contributed by atoms with Crippen molar-refractivity contribution in [3.63, 3.8) is 0 Å². The van der Waals surface area contributed by atoms with E-state index in [0.29, 0.717) is 5.92 Å². The standard InChI is InChI=1S/C19H31N3O/c1-6-7-8-17(18(23)21-20)22-16-10-9-13(2)11-15(16)14(3)12-19(22,4)5/h9-11,14,17H,6-8,12,20H2,1-5H3,(H,21,23)/t14-,17+/m0/s1. The highest BCUT2D eigenvalue weighted by Gasteiger charge is 2.41. The van der Waals surface area contributed by atoms with Crippen LogP contribution in [0.1, 0.15) is 70.4 Å². The largest absolute Gasteiger partial charge is 0.354 e. The van der Waals surface area contributed by atoms with E-state index in [1.165, 1.54) is 16.8 Å². The van der Waals surface area contributed by atoms with E-state index in [9.17, 15) is 4.79 Å². The Balaban J connectivity index is 2.52. The van der Waals surface area contributed by atoms with Gasteiger partial charge in [0.15, 0.2) is 0 Å². The van der Waals surface area contributed by atoms with E-state index >= 15 is 0 Å². The number of carbonyl (C=O) groups is 1. The molecule has 0 radical (unpaired) electrons. The van der Waals surface area contributed by atoms with Gasteiger partial charge in [0.1, 0.15) is 6.04 Å². The molecule has 4 heteroatoms. The number of rotatable bonds is 5. The van der Waals surface area contributed by atoms with E-state index in [1.54, 1.807) is 0 Å². The average molecular weight is 317 g/mol. The van der Waals surface area contributed by atoms with Gasteiger partial charge in [-0.3, -0.25) is 10.2 Å². The zero-order valence-corrected chi connectivity index (χ0v) is 15.1. The summed E-state index contributed by atoms with van der Waals surface area (Å²) in [5.74, 6) is 5.88. The van der Waals surface area contributed by atoms with Gasteiger partial charge < -0.3 is 4.90 Å². The highest BCUT2D eigenvalue weighted by Crippen LogP contribution is 2.45. The van der Waals surface area contributed by atoms with Crippen LogP contribution in [-0.4, -0.2) is 17.5 Å². The Kier molecular flexibility index (Phi) is 5.35. The summed E-state index contributed by atoms with van der Waals surface area (Å²) in [7, 11) is 0. The maximum atomic E-state index is 12.5. The molecule has 1 heterocycles. The van der Waals surface area contributed by atoms with Gasteiger partial charge in [-0.05, 0) is 51.2 Å². The zero-order valence-electron chi connectivity index (χ0n) is 15.1. The number of benzene rings is 1. The number of hydrazine groups is 1. The molecule has 1 aliphatic rings. The zero-order chi connectivity index (χ0) is 17.2. The Bertz CT molecular complexity index is 568. The molecule has 0 spiro atoms. The molecule has 1 aromatic rings. The maximum absolute atomic E-state index is 12.5. The van der Waals surface area contributed by atoms with Crippen molar-refractivity contribution in [2.24, 2.45) is 5.84 Å². The highest BCUT2D eigenvalue weighted by molar-refractivity contribution is 5.86. The van der Waals surface area contributed by atoms with Crippen LogP contribution in [0.2, 0.25) is 0 Å². The fourth-order valence-electron chi connectivity index (χ4n) is 4.03. The van der Waals surface area contributed by atoms with Crippen LogP contribution >= 0.6 is 0 Å². The molecule has 1 aliphatic heterocycles. The van der Waals surface area contributed by atoms with Crippen LogP contribution in [-0.2, 0) is 4.79 Å². The van der Waals surface area contributed by atoms with Crippen molar-refractivity contribution in [2.75, 3.05) is 4.90 Å². The van der Waals surface area contributed by atoms with Crippen LogP contribution in [0.4, 0.5) is 5.69 Å². The SMILES string of the molecule is CCCC[C@H](C(=O)NN)N1c2ccc(C)cc2[C@@H](C)CC1(C)C. The van der Waals surface area contributed by atoms with Crippen LogP contribution in [0.3, 0.4) is 0 Å². The summed E-state index contributed by atoms with van der Waals surface area (Å²) in [5.41, 5.74) is 6.10. The summed E-state index contributed by atoms with van der Waals surface area (Å²) < 4.78 is 0. The molecule has 0 unspecified atom stereocenters. The first-order valence-corrected chi connectivity index (χ1v) is 8.72. The van der Waals surface area contributed by atoms with Gasteiger partial charge in [-0.15, -0.1) is 0 Å². The van der Waals surface area contributed by atoms with E-state index < -0.39 is 0 Å². The van der Waals surface area contributed by atoms with Gasteiger partial charge in [0.05, 0.1) is 0 Å². The number of hydrogen-bond acceptors (Lipinski definition) is 3. The lowest BCUT2D eigenvalue weighted by Crippen LogP contribution is -2.59. The normalized spacial score (nSPS) is 20.8. The number of fused-ring (bicyclic) bond motifs is 1. The molecule has 2 atom stereocenters. The van der Waals surface area contributed by atoms with Crippen molar-refractivity contribution in [3.05, 3.63) is 29.3 Å². The van der Waals surface area contributed by atoms with Crippen LogP contribution in [0.15, 0.2) is 18.2 Å². The Hall–Kier alpha value is -1.55. The first kappa shape index (κ1) is 17.8. The fraction of sp³-hybridized carbons (Fsp3) is 0.632. The number of hydrogen-bond donors (Lipinski definition) is 2. The molecule has 4 nitrogen and oxygen atoms in total. The lowest BCUT2D eigenvalue weighted by atomic mass is 9.78. The predicted molar refractivity (Wildman–Crippen MR) is 96.4 cm³/mol. The summed E-state index contributed by atoms with van der Waals surface area (Å²) in [5, 5.41) is 0. The highest BCUT2D eigenvalue weighted by atomic mass is 16.2. The number of unbranched alkanes of at least 4 members (excludes halogenated alkanes) is 1. The molecule has 128 valence electrons. The van der Waals surface area contributed by atoms with Crippen molar-refractivity contribution in [1.82, 2.24) is 5.43 Å². The molecule has 1 aromatic carbocycles. The minimum absolute atomic E-state index is 0.0768. The van der Waals surface area contributed by atoms with Gasteiger partial charge in [-0.1, -0.05) is 44.4 Å². The van der Waals surface area contributed by atoms with Gasteiger partial charge in [-0.2, -0.15) is 0 Å². The van der Waals surface area contributed by atoms with Crippen molar-refractivity contribution >= 4 is 11.6 Å². The summed E-state index contributed by atoms with van der Waals surface area (Å²) in [4.78, 5) is 14.8. The van der Waals surface area contributed by atoms with Crippen molar-refractivity contribution < 1.29 is 4.79 Å². The van der Waals surface area contributed by atoms with Crippen LogP contribution < -0.4 is 16.2 Å². The number of amides is 1. The third-order valence-electron chi connectivity index (χ3n) is 5.02. The molecule has 23 heavy (non-hydrogen) atoms. The second-order valence-corrected chi connectivity index (χ2v) is 7.52. The van der Waals surface area contributed by atoms with Gasteiger partial charge in [0.25, 0.3) is 5.91 Å². The van der Waals surface area contributed by atoms with E-state index in [-0.39, 0.29) is 17.5 Å². The molecule has 0 aromatic heterocycles. The third kappa shape index (κ3) is 3.52. The number of nitrogens with two attached hydrogens (primary N) is 1. The van der Waals surface area contributed by atoms with Crippen molar-refractivity contribution in [1.29, 1.82) is 0 Å². The Morgan fingerprint density at radius 3 is 2.78 bits per heavy atom. The second kappa shape index (κ2) is 6.91. The Labute approximate surface area is 140 Å². The van der Waals surface area contributed by atoms with Crippen LogP contribution in [0.25, 0.3) is 0 Å². The van der Waals surface area contributed by atoms with Gasteiger partial charge >= 0.3 is 0 Å². The van der Waals surface area contributed by atoms with Crippen molar-refractivity contribution in [2.45, 2.75) is 77.8 Å². The van der Waals surface area contributed by atoms with Crippen LogP contribution in [0.5, 0.6) is 0 Å². The fourth-order valence-corrected chi connectivity index (χ4v) is 4.03. The minimum Gasteiger partial charge on any atom is -0.354 e. The molecule has 0 aliphatic carbocycles. The monoisotopic (exact) mass is 317 g/mol. The van der Waals surface area contributed by atoms with Gasteiger partial charge in [0.2, 0.25) is 0 Å². The smallest absolute Gasteiger partial charge is 0.256 e. The topological polar surface area (TPSA) is 58.4 Å². The molecular weight excluding hydrogens is 286 g/mol. The predicted octanol–water partition coefficient (Wildman–Crippen LogP) is 3.64.